The Hall–Kier alpha value is -2.70. The molecule has 1 N–H and O–H groups in total. The van der Waals surface area contributed by atoms with Gasteiger partial charge in [-0.05, 0) is 37.1 Å². The molecule has 0 atom stereocenters. The first-order valence-corrected chi connectivity index (χ1v) is 8.33. The Kier molecular flexibility index (Phi) is 3.98. The summed E-state index contributed by atoms with van der Waals surface area (Å²) in [5, 5.41) is 11.8. The fourth-order valence-corrected chi connectivity index (χ4v) is 3.12. The van der Waals surface area contributed by atoms with Crippen LogP contribution in [0.4, 0.5) is 5.95 Å². The minimum absolute atomic E-state index is 0.460. The van der Waals surface area contributed by atoms with Gasteiger partial charge in [-0.2, -0.15) is 9.67 Å². The van der Waals surface area contributed by atoms with Crippen molar-refractivity contribution in [2.24, 2.45) is 0 Å². The van der Waals surface area contributed by atoms with Gasteiger partial charge in [0.2, 0.25) is 5.95 Å². The molecule has 0 saturated heterocycles. The van der Waals surface area contributed by atoms with Crippen LogP contribution >= 0.6 is 0 Å². The van der Waals surface area contributed by atoms with E-state index in [0.29, 0.717) is 23.2 Å². The van der Waals surface area contributed by atoms with E-state index in [1.807, 2.05) is 24.3 Å². The topological polar surface area (TPSA) is 77.8 Å². The number of hydrogen-bond acceptors (Lipinski definition) is 6. The molecule has 0 amide bonds. The molecule has 2 heterocycles. The maximum Gasteiger partial charge on any atom is 0.225 e. The second kappa shape index (κ2) is 6.43. The highest BCUT2D eigenvalue weighted by atomic mass is 16.5. The lowest BCUT2D eigenvalue weighted by molar-refractivity contribution is 0.414. The average molecular weight is 324 g/mol. The molecule has 1 fully saturated rings. The number of hydrogen-bond donors (Lipinski definition) is 1. The van der Waals surface area contributed by atoms with Gasteiger partial charge < -0.3 is 10.1 Å². The van der Waals surface area contributed by atoms with Gasteiger partial charge in [0.25, 0.3) is 0 Å². The minimum Gasteiger partial charge on any atom is -0.497 e. The molecule has 3 aromatic rings. The van der Waals surface area contributed by atoms with Gasteiger partial charge in [-0.3, -0.25) is 0 Å². The lowest BCUT2D eigenvalue weighted by Crippen LogP contribution is -2.23. The molecular formula is C17H20N6O. The maximum absolute atomic E-state index is 5.20. The third-order valence-electron chi connectivity index (χ3n) is 4.45. The van der Waals surface area contributed by atoms with E-state index >= 15 is 0 Å². The van der Waals surface area contributed by atoms with Crippen LogP contribution in [0.5, 0.6) is 5.75 Å². The highest BCUT2D eigenvalue weighted by Crippen LogP contribution is 2.22. The number of nitrogens with zero attached hydrogens (tertiary/aromatic N) is 5. The smallest absolute Gasteiger partial charge is 0.225 e. The van der Waals surface area contributed by atoms with E-state index in [1.165, 1.54) is 32.1 Å². The van der Waals surface area contributed by atoms with Crippen molar-refractivity contribution >= 4 is 17.1 Å². The Balaban J connectivity index is 1.64. The van der Waals surface area contributed by atoms with E-state index in [4.69, 9.17) is 4.74 Å². The minimum atomic E-state index is 0.460. The molecule has 0 aliphatic heterocycles. The van der Waals surface area contributed by atoms with Crippen molar-refractivity contribution in [2.75, 3.05) is 12.4 Å². The first-order valence-electron chi connectivity index (χ1n) is 8.33. The van der Waals surface area contributed by atoms with Crippen molar-refractivity contribution in [1.82, 2.24) is 25.0 Å². The molecular weight excluding hydrogens is 304 g/mol. The summed E-state index contributed by atoms with van der Waals surface area (Å²) in [6.45, 7) is 0. The fraction of sp³-hybridized carbons (Fsp3) is 0.412. The van der Waals surface area contributed by atoms with E-state index in [9.17, 15) is 0 Å². The summed E-state index contributed by atoms with van der Waals surface area (Å²) in [4.78, 5) is 9.01. The Labute approximate surface area is 140 Å². The van der Waals surface area contributed by atoms with Gasteiger partial charge in [-0.15, -0.1) is 5.10 Å². The molecule has 1 aromatic carbocycles. The normalized spacial score (nSPS) is 15.5. The van der Waals surface area contributed by atoms with E-state index in [2.05, 4.69) is 25.6 Å². The third kappa shape index (κ3) is 2.89. The van der Waals surface area contributed by atoms with Gasteiger partial charge in [0.1, 0.15) is 5.75 Å². The van der Waals surface area contributed by atoms with Gasteiger partial charge in [0.15, 0.2) is 11.2 Å². The number of benzene rings is 1. The molecule has 124 valence electrons. The van der Waals surface area contributed by atoms with Crippen molar-refractivity contribution in [3.63, 3.8) is 0 Å². The molecule has 7 heteroatoms. The van der Waals surface area contributed by atoms with Crippen LogP contribution in [0.3, 0.4) is 0 Å². The van der Waals surface area contributed by atoms with Crippen LogP contribution in [0, 0.1) is 0 Å². The zero-order valence-corrected chi connectivity index (χ0v) is 13.6. The lowest BCUT2D eigenvalue weighted by Gasteiger charge is -2.22. The molecule has 0 spiro atoms. The van der Waals surface area contributed by atoms with Crippen molar-refractivity contribution < 1.29 is 4.74 Å². The van der Waals surface area contributed by atoms with Crippen LogP contribution in [0.2, 0.25) is 0 Å². The highest BCUT2D eigenvalue weighted by Gasteiger charge is 2.16. The molecule has 2 aromatic heterocycles. The van der Waals surface area contributed by atoms with Crippen molar-refractivity contribution in [2.45, 2.75) is 38.1 Å². The summed E-state index contributed by atoms with van der Waals surface area (Å²) in [6.07, 6.45) is 7.94. The molecule has 4 rings (SSSR count). The largest absolute Gasteiger partial charge is 0.497 e. The maximum atomic E-state index is 5.20. The van der Waals surface area contributed by atoms with E-state index in [-0.39, 0.29) is 0 Å². The number of methoxy groups -OCH3 is 1. The van der Waals surface area contributed by atoms with Crippen LogP contribution in [0.1, 0.15) is 32.1 Å². The number of fused-ring (bicyclic) bond motifs is 1. The second-order valence-electron chi connectivity index (χ2n) is 6.08. The van der Waals surface area contributed by atoms with Crippen LogP contribution in [-0.2, 0) is 0 Å². The van der Waals surface area contributed by atoms with Crippen LogP contribution in [0.15, 0.2) is 30.5 Å². The van der Waals surface area contributed by atoms with E-state index in [0.717, 1.165) is 11.4 Å². The number of anilines is 1. The molecule has 1 aliphatic carbocycles. The summed E-state index contributed by atoms with van der Waals surface area (Å²) < 4.78 is 6.92. The summed E-state index contributed by atoms with van der Waals surface area (Å²) in [7, 11) is 1.65. The molecule has 24 heavy (non-hydrogen) atoms. The molecule has 0 unspecified atom stereocenters. The summed E-state index contributed by atoms with van der Waals surface area (Å²) in [6, 6.07) is 8.12. The zero-order chi connectivity index (χ0) is 16.4. The fourth-order valence-electron chi connectivity index (χ4n) is 3.12. The summed E-state index contributed by atoms with van der Waals surface area (Å²) >= 11 is 0. The molecule has 1 aliphatic rings. The summed E-state index contributed by atoms with van der Waals surface area (Å²) in [5.41, 5.74) is 2.27. The van der Waals surface area contributed by atoms with Gasteiger partial charge in [-0.1, -0.05) is 24.5 Å². The van der Waals surface area contributed by atoms with E-state index < -0.39 is 0 Å². The first kappa shape index (κ1) is 14.9. The third-order valence-corrected chi connectivity index (χ3v) is 4.45. The van der Waals surface area contributed by atoms with Gasteiger partial charge >= 0.3 is 0 Å². The molecule has 0 radical (unpaired) electrons. The lowest BCUT2D eigenvalue weighted by atomic mass is 9.96. The van der Waals surface area contributed by atoms with E-state index in [1.54, 1.807) is 18.0 Å². The van der Waals surface area contributed by atoms with Crippen LogP contribution < -0.4 is 10.1 Å². The average Bonchev–Trinajstić information content (AvgIpc) is 3.06. The number of aromatic nitrogens is 5. The molecule has 1 saturated carbocycles. The summed E-state index contributed by atoms with van der Waals surface area (Å²) in [5.74, 6) is 1.45. The zero-order valence-electron chi connectivity index (χ0n) is 13.6. The van der Waals surface area contributed by atoms with Crippen molar-refractivity contribution in [3.05, 3.63) is 30.5 Å². The Morgan fingerprint density at radius 1 is 1.12 bits per heavy atom. The predicted octanol–water partition coefficient (Wildman–Crippen LogP) is 2.96. The SMILES string of the molecule is COc1ccc(-n2nnc3cnc(NC4CCCCC4)nc32)cc1. The Morgan fingerprint density at radius 2 is 1.92 bits per heavy atom. The first-order chi connectivity index (χ1) is 11.8. The van der Waals surface area contributed by atoms with Crippen molar-refractivity contribution in [3.8, 4) is 11.4 Å². The van der Waals surface area contributed by atoms with Gasteiger partial charge in [0.05, 0.1) is 19.0 Å². The van der Waals surface area contributed by atoms with Crippen LogP contribution in [-0.4, -0.2) is 38.1 Å². The number of rotatable bonds is 4. The predicted molar refractivity (Wildman–Crippen MR) is 91.5 cm³/mol. The number of nitrogens with one attached hydrogen (secondary N) is 1. The standard InChI is InChI=1S/C17H20N6O/c1-24-14-9-7-13(8-10-14)23-16-15(21-22-23)11-18-17(20-16)19-12-5-3-2-4-6-12/h7-12H,2-6H2,1H3,(H,18,19,20). The quantitative estimate of drug-likeness (QED) is 0.795. The van der Waals surface area contributed by atoms with Gasteiger partial charge in [0, 0.05) is 6.04 Å². The monoisotopic (exact) mass is 324 g/mol. The van der Waals surface area contributed by atoms with Crippen LogP contribution in [0.25, 0.3) is 16.9 Å². The molecule has 0 bridgehead atoms. The number of ether oxygens (including phenoxy) is 1. The Bertz CT molecular complexity index is 823. The highest BCUT2D eigenvalue weighted by molar-refractivity contribution is 5.72. The Morgan fingerprint density at radius 3 is 2.67 bits per heavy atom. The van der Waals surface area contributed by atoms with Crippen molar-refractivity contribution in [1.29, 1.82) is 0 Å². The molecule has 7 nitrogen and oxygen atoms in total. The second-order valence-corrected chi connectivity index (χ2v) is 6.08. The van der Waals surface area contributed by atoms with Gasteiger partial charge in [-0.25, -0.2) is 4.98 Å².